The van der Waals surface area contributed by atoms with Crippen LogP contribution in [-0.2, 0) is 4.79 Å². The molecule has 0 aromatic carbocycles. The minimum atomic E-state index is -0.755. The van der Waals surface area contributed by atoms with Gasteiger partial charge < -0.3 is 15.5 Å². The van der Waals surface area contributed by atoms with Gasteiger partial charge in [-0.3, -0.25) is 9.78 Å². The molecule has 1 atom stereocenters. The van der Waals surface area contributed by atoms with Gasteiger partial charge >= 0.3 is 5.69 Å². The number of nitrogens with two attached hydrogens (primary N) is 1. The number of primary amides is 1. The molecule has 1 amide bonds. The Hall–Kier alpha value is -3.11. The number of hydrogen-bond donors (Lipinski definition) is 1. The summed E-state index contributed by atoms with van der Waals surface area (Å²) >= 11 is 6.05. The molecular formula is C22H25ClFN7O2. The molecule has 4 heterocycles. The summed E-state index contributed by atoms with van der Waals surface area (Å²) in [5, 5.41) is -0.115. The number of carbonyl (C=O) groups is 1. The van der Waals surface area contributed by atoms with E-state index in [1.165, 1.54) is 10.6 Å². The zero-order valence-electron chi connectivity index (χ0n) is 18.8. The minimum absolute atomic E-state index is 0.00526. The molecule has 0 bridgehead atoms. The van der Waals surface area contributed by atoms with Crippen LogP contribution in [0.15, 0.2) is 23.1 Å². The quantitative estimate of drug-likeness (QED) is 0.577. The molecule has 1 unspecified atom stereocenters. The van der Waals surface area contributed by atoms with E-state index in [2.05, 4.69) is 15.0 Å². The zero-order chi connectivity index (χ0) is 24.0. The molecule has 4 rings (SSSR count). The maximum Gasteiger partial charge on any atom is 0.355 e. The van der Waals surface area contributed by atoms with Crippen LogP contribution in [0, 0.1) is 12.7 Å². The number of piperazine rings is 1. The van der Waals surface area contributed by atoms with Crippen LogP contribution >= 0.6 is 11.6 Å². The van der Waals surface area contributed by atoms with Crippen molar-refractivity contribution in [2.24, 2.45) is 5.73 Å². The van der Waals surface area contributed by atoms with Gasteiger partial charge in [0.15, 0.2) is 16.6 Å². The zero-order valence-corrected chi connectivity index (χ0v) is 19.6. The van der Waals surface area contributed by atoms with E-state index < -0.39 is 23.5 Å². The Morgan fingerprint density at radius 1 is 1.30 bits per heavy atom. The lowest BCUT2D eigenvalue weighted by molar-refractivity contribution is -0.120. The first-order chi connectivity index (χ1) is 15.6. The maximum atomic E-state index is 14.6. The van der Waals surface area contributed by atoms with Gasteiger partial charge in [0, 0.05) is 25.8 Å². The number of likely N-dealkylation sites (N-methyl/N-ethyl adjacent to an activating group) is 1. The molecule has 2 N–H and O–H groups in total. The Balaban J connectivity index is 2.07. The van der Waals surface area contributed by atoms with E-state index in [9.17, 15) is 14.0 Å². The molecule has 1 saturated heterocycles. The number of halogens is 2. The Kier molecular flexibility index (Phi) is 6.06. The Labute approximate surface area is 195 Å². The molecular weight excluding hydrogens is 449 g/mol. The van der Waals surface area contributed by atoms with Gasteiger partial charge in [0.05, 0.1) is 16.8 Å². The number of amides is 1. The van der Waals surface area contributed by atoms with E-state index in [0.717, 1.165) is 5.56 Å². The fourth-order valence-corrected chi connectivity index (χ4v) is 4.34. The number of fused-ring (bicyclic) bond motifs is 1. The number of hydrogen-bond acceptors (Lipinski definition) is 7. The number of aromatic nitrogens is 4. The van der Waals surface area contributed by atoms with E-state index in [0.29, 0.717) is 31.0 Å². The summed E-state index contributed by atoms with van der Waals surface area (Å²) in [5.74, 6) is -1.17. The van der Waals surface area contributed by atoms with Gasteiger partial charge in [-0.2, -0.15) is 4.98 Å². The first-order valence-electron chi connectivity index (χ1n) is 10.6. The highest BCUT2D eigenvalue weighted by Gasteiger charge is 2.33. The summed E-state index contributed by atoms with van der Waals surface area (Å²) < 4.78 is 15.9. The lowest BCUT2D eigenvalue weighted by atomic mass is 10.0. The molecule has 0 saturated carbocycles. The summed E-state index contributed by atoms with van der Waals surface area (Å²) in [7, 11) is 1.87. The van der Waals surface area contributed by atoms with Gasteiger partial charge in [0.2, 0.25) is 5.91 Å². The largest absolute Gasteiger partial charge is 0.368 e. The van der Waals surface area contributed by atoms with Gasteiger partial charge in [-0.25, -0.2) is 18.7 Å². The topological polar surface area (TPSA) is 110 Å². The van der Waals surface area contributed by atoms with Crippen molar-refractivity contribution in [3.05, 3.63) is 51.0 Å². The molecule has 9 nitrogen and oxygen atoms in total. The Bertz CT molecular complexity index is 1310. The van der Waals surface area contributed by atoms with Crippen molar-refractivity contribution in [1.29, 1.82) is 0 Å². The smallest absolute Gasteiger partial charge is 0.355 e. The molecule has 1 fully saturated rings. The van der Waals surface area contributed by atoms with Crippen LogP contribution in [-0.4, -0.2) is 63.0 Å². The van der Waals surface area contributed by atoms with E-state index in [4.69, 9.17) is 17.3 Å². The molecule has 11 heteroatoms. The van der Waals surface area contributed by atoms with Crippen molar-refractivity contribution in [3.8, 4) is 5.69 Å². The van der Waals surface area contributed by atoms with Gasteiger partial charge in [-0.1, -0.05) is 25.4 Å². The predicted octanol–water partition coefficient (Wildman–Crippen LogP) is 2.01. The second-order valence-corrected chi connectivity index (χ2v) is 8.93. The van der Waals surface area contributed by atoms with Crippen LogP contribution in [0.25, 0.3) is 16.7 Å². The molecule has 3 aromatic rings. The summed E-state index contributed by atoms with van der Waals surface area (Å²) in [6.07, 6.45) is 1.67. The lowest BCUT2D eigenvalue weighted by Gasteiger charge is -2.39. The van der Waals surface area contributed by atoms with Crippen LogP contribution in [0.4, 0.5) is 10.2 Å². The van der Waals surface area contributed by atoms with Crippen LogP contribution in [0.1, 0.15) is 31.0 Å². The molecule has 0 aliphatic carbocycles. The first-order valence-corrected chi connectivity index (χ1v) is 11.0. The van der Waals surface area contributed by atoms with Crippen LogP contribution in [0.2, 0.25) is 5.15 Å². The van der Waals surface area contributed by atoms with E-state index in [1.54, 1.807) is 17.2 Å². The van der Waals surface area contributed by atoms with Gasteiger partial charge in [-0.05, 0) is 37.6 Å². The Morgan fingerprint density at radius 2 is 2.03 bits per heavy atom. The molecule has 3 aromatic heterocycles. The highest BCUT2D eigenvalue weighted by Crippen LogP contribution is 2.31. The summed E-state index contributed by atoms with van der Waals surface area (Å²) in [5.41, 5.74) is 7.14. The molecule has 174 valence electrons. The fraction of sp³-hybridized carbons (Fsp3) is 0.409. The van der Waals surface area contributed by atoms with E-state index >= 15 is 0 Å². The van der Waals surface area contributed by atoms with E-state index in [1.807, 2.05) is 32.7 Å². The molecule has 1 aliphatic heterocycles. The first kappa shape index (κ1) is 23.1. The number of aryl methyl sites for hydroxylation is 1. The SMILES string of the molecule is Cc1ccnc(C(C)C)c1-n1c(=O)nc(N2CCN(C)CC2C(N)=O)c2cc(F)c(Cl)nc21. The summed E-state index contributed by atoms with van der Waals surface area (Å²) in [6, 6.07) is 2.24. The third-order valence-corrected chi connectivity index (χ3v) is 6.13. The van der Waals surface area contributed by atoms with Crippen molar-refractivity contribution in [3.63, 3.8) is 0 Å². The third kappa shape index (κ3) is 4.04. The van der Waals surface area contributed by atoms with E-state index in [-0.39, 0.29) is 27.9 Å². The summed E-state index contributed by atoms with van der Waals surface area (Å²) in [6.45, 7) is 7.11. The second kappa shape index (κ2) is 8.68. The normalized spacial score (nSPS) is 17.2. The average molecular weight is 474 g/mol. The number of pyridine rings is 2. The van der Waals surface area contributed by atoms with Crippen molar-refractivity contribution in [2.45, 2.75) is 32.7 Å². The van der Waals surface area contributed by atoms with Crippen LogP contribution < -0.4 is 16.3 Å². The third-order valence-electron chi connectivity index (χ3n) is 5.87. The fourth-order valence-electron chi connectivity index (χ4n) is 4.21. The van der Waals surface area contributed by atoms with Crippen molar-refractivity contribution >= 4 is 34.4 Å². The standard InChI is InChI=1S/C22H25ClFN7O2/c1-11(2)16-17(12(3)5-6-26-16)31-21-13(9-14(24)18(23)27-21)20(28-22(31)33)30-8-7-29(4)10-15(30)19(25)32/h5-6,9,11,15H,7-8,10H2,1-4H3,(H2,25,32). The maximum absolute atomic E-state index is 14.6. The van der Waals surface area contributed by atoms with Crippen LogP contribution in [0.5, 0.6) is 0 Å². The average Bonchev–Trinajstić information content (AvgIpc) is 2.75. The minimum Gasteiger partial charge on any atom is -0.368 e. The molecule has 1 aliphatic rings. The van der Waals surface area contributed by atoms with Crippen LogP contribution in [0.3, 0.4) is 0 Å². The van der Waals surface area contributed by atoms with Gasteiger partial charge in [-0.15, -0.1) is 0 Å². The number of carbonyl (C=O) groups excluding carboxylic acids is 1. The predicted molar refractivity (Wildman–Crippen MR) is 125 cm³/mol. The van der Waals surface area contributed by atoms with Crippen molar-refractivity contribution in [2.75, 3.05) is 31.6 Å². The highest BCUT2D eigenvalue weighted by atomic mass is 35.5. The summed E-state index contributed by atoms with van der Waals surface area (Å²) in [4.78, 5) is 42.2. The molecule has 0 radical (unpaired) electrons. The lowest BCUT2D eigenvalue weighted by Crippen LogP contribution is -2.58. The highest BCUT2D eigenvalue weighted by molar-refractivity contribution is 6.30. The molecule has 0 spiro atoms. The van der Waals surface area contributed by atoms with Gasteiger partial charge in [0.1, 0.15) is 11.9 Å². The van der Waals surface area contributed by atoms with Gasteiger partial charge in [0.25, 0.3) is 0 Å². The molecule has 33 heavy (non-hydrogen) atoms. The number of rotatable bonds is 4. The Morgan fingerprint density at radius 3 is 2.70 bits per heavy atom. The number of nitrogens with zero attached hydrogens (tertiary/aromatic N) is 6. The van der Waals surface area contributed by atoms with Crippen molar-refractivity contribution < 1.29 is 9.18 Å². The van der Waals surface area contributed by atoms with Crippen molar-refractivity contribution in [1.82, 2.24) is 24.4 Å². The second-order valence-electron chi connectivity index (χ2n) is 8.58. The number of anilines is 1. The monoisotopic (exact) mass is 473 g/mol.